The Hall–Kier alpha value is -0.580. The summed E-state index contributed by atoms with van der Waals surface area (Å²) < 4.78 is 0. The van der Waals surface area contributed by atoms with E-state index >= 15 is 0 Å². The summed E-state index contributed by atoms with van der Waals surface area (Å²) >= 11 is 5.29. The molecule has 0 spiro atoms. The number of hydrogen-bond donors (Lipinski definition) is 0. The average molecular weight is 280 g/mol. The van der Waals surface area contributed by atoms with Crippen molar-refractivity contribution in [3.63, 3.8) is 0 Å². The lowest BCUT2D eigenvalue weighted by Crippen LogP contribution is -1.98. The Kier molecular flexibility index (Phi) is 3.11. The van der Waals surface area contributed by atoms with Crippen LogP contribution in [0.4, 0.5) is 0 Å². The average Bonchev–Trinajstić information content (AvgIpc) is 2.93. The molecule has 0 N–H and O–H groups in total. The zero-order valence-corrected chi connectivity index (χ0v) is 11.9. The van der Waals surface area contributed by atoms with Gasteiger partial charge < -0.3 is 0 Å². The van der Waals surface area contributed by atoms with Crippen LogP contribution in [0.2, 0.25) is 0 Å². The van der Waals surface area contributed by atoms with Crippen molar-refractivity contribution in [1.82, 2.24) is 0 Å². The van der Waals surface area contributed by atoms with Gasteiger partial charge in [0.2, 0.25) is 5.78 Å². The summed E-state index contributed by atoms with van der Waals surface area (Å²) in [5.74, 6) is 2.47. The molecule has 17 heavy (non-hydrogen) atoms. The van der Waals surface area contributed by atoms with E-state index in [-0.39, 0.29) is 5.78 Å². The fraction of sp³-hybridized carbons (Fsp3) is 0.308. The van der Waals surface area contributed by atoms with E-state index in [2.05, 4.69) is 6.07 Å². The summed E-state index contributed by atoms with van der Waals surface area (Å²) in [6.45, 7) is 2.02. The lowest BCUT2D eigenvalue weighted by atomic mass is 10.1. The monoisotopic (exact) mass is 280 g/mol. The summed E-state index contributed by atoms with van der Waals surface area (Å²) in [7, 11) is 0. The number of rotatable bonds is 2. The summed E-state index contributed by atoms with van der Waals surface area (Å²) in [6, 6.07) is 4.04. The van der Waals surface area contributed by atoms with E-state index in [1.54, 1.807) is 22.7 Å². The van der Waals surface area contributed by atoms with Crippen LogP contribution in [-0.2, 0) is 12.2 Å². The van der Waals surface area contributed by atoms with E-state index in [1.165, 1.54) is 16.2 Å². The Morgan fingerprint density at radius 1 is 1.41 bits per heavy atom. The minimum atomic E-state index is 0.202. The molecule has 88 valence electrons. The molecule has 0 saturated carbocycles. The Balaban J connectivity index is 1.97. The third kappa shape index (κ3) is 2.09. The SMILES string of the molecule is Cc1sccc1C(=O)c1cc2c(s1)CCSC2. The number of hydrogen-bond acceptors (Lipinski definition) is 4. The van der Waals surface area contributed by atoms with Gasteiger partial charge in [-0.25, -0.2) is 0 Å². The smallest absolute Gasteiger partial charge is 0.204 e. The maximum absolute atomic E-state index is 12.4. The molecule has 2 aromatic rings. The first-order valence-corrected chi connectivity index (χ1v) is 8.39. The van der Waals surface area contributed by atoms with Crippen LogP contribution in [0, 0.1) is 6.92 Å². The van der Waals surface area contributed by atoms with Crippen molar-refractivity contribution < 1.29 is 4.79 Å². The predicted octanol–water partition coefficient (Wildman–Crippen LogP) is 4.14. The zero-order valence-electron chi connectivity index (χ0n) is 9.49. The largest absolute Gasteiger partial charge is 0.288 e. The Morgan fingerprint density at radius 2 is 2.29 bits per heavy atom. The van der Waals surface area contributed by atoms with Crippen LogP contribution in [0.15, 0.2) is 17.5 Å². The third-order valence-corrected chi connectivity index (χ3v) is 6.04. The summed E-state index contributed by atoms with van der Waals surface area (Å²) in [6.07, 6.45) is 1.13. The number of carbonyl (C=O) groups excluding carboxylic acids is 1. The fourth-order valence-electron chi connectivity index (χ4n) is 2.01. The van der Waals surface area contributed by atoms with Gasteiger partial charge in [0.25, 0.3) is 0 Å². The highest BCUT2D eigenvalue weighted by Crippen LogP contribution is 2.33. The molecule has 2 aromatic heterocycles. The van der Waals surface area contributed by atoms with Gasteiger partial charge in [0.1, 0.15) is 0 Å². The summed E-state index contributed by atoms with van der Waals surface area (Å²) in [5.41, 5.74) is 2.25. The number of fused-ring (bicyclic) bond motifs is 1. The van der Waals surface area contributed by atoms with E-state index in [0.717, 1.165) is 27.5 Å². The standard InChI is InChI=1S/C13H12OS3/c1-8-10(2-5-16-8)13(14)12-6-9-7-15-4-3-11(9)17-12/h2,5-6H,3-4,7H2,1H3. The van der Waals surface area contributed by atoms with Crippen molar-refractivity contribution >= 4 is 40.2 Å². The molecule has 0 fully saturated rings. The first-order valence-electron chi connectivity index (χ1n) is 5.54. The molecule has 3 heterocycles. The van der Waals surface area contributed by atoms with Crippen LogP contribution in [0.1, 0.15) is 30.6 Å². The number of carbonyl (C=O) groups is 1. The van der Waals surface area contributed by atoms with Gasteiger partial charge in [-0.05, 0) is 42.2 Å². The molecule has 0 aliphatic carbocycles. The second kappa shape index (κ2) is 4.59. The molecule has 4 heteroatoms. The van der Waals surface area contributed by atoms with Crippen LogP contribution in [0.3, 0.4) is 0 Å². The minimum Gasteiger partial charge on any atom is -0.288 e. The van der Waals surface area contributed by atoms with Crippen LogP contribution in [-0.4, -0.2) is 11.5 Å². The van der Waals surface area contributed by atoms with Gasteiger partial charge in [-0.2, -0.15) is 11.8 Å². The number of aryl methyl sites for hydroxylation is 2. The van der Waals surface area contributed by atoms with Crippen molar-refractivity contribution in [2.75, 3.05) is 5.75 Å². The molecule has 0 atom stereocenters. The molecule has 0 radical (unpaired) electrons. The van der Waals surface area contributed by atoms with E-state index in [9.17, 15) is 4.79 Å². The van der Waals surface area contributed by atoms with Gasteiger partial charge in [0.05, 0.1) is 4.88 Å². The molecule has 1 nitrogen and oxygen atoms in total. The van der Waals surface area contributed by atoms with Crippen molar-refractivity contribution in [2.24, 2.45) is 0 Å². The summed E-state index contributed by atoms with van der Waals surface area (Å²) in [4.78, 5) is 15.8. The molecule has 1 aliphatic heterocycles. The molecular formula is C13H12OS3. The molecule has 0 bridgehead atoms. The molecule has 0 aromatic carbocycles. The topological polar surface area (TPSA) is 17.1 Å². The van der Waals surface area contributed by atoms with E-state index < -0.39 is 0 Å². The maximum Gasteiger partial charge on any atom is 0.204 e. The second-order valence-electron chi connectivity index (χ2n) is 4.08. The zero-order chi connectivity index (χ0) is 11.8. The van der Waals surface area contributed by atoms with Gasteiger partial charge in [-0.15, -0.1) is 22.7 Å². The van der Waals surface area contributed by atoms with Crippen LogP contribution in [0.25, 0.3) is 0 Å². The van der Waals surface area contributed by atoms with Crippen LogP contribution >= 0.6 is 34.4 Å². The van der Waals surface area contributed by atoms with Gasteiger partial charge in [-0.1, -0.05) is 0 Å². The maximum atomic E-state index is 12.4. The molecule has 0 unspecified atom stereocenters. The highest BCUT2D eigenvalue weighted by atomic mass is 32.2. The molecule has 3 rings (SSSR count). The fourth-order valence-corrected chi connectivity index (χ4v) is 5.03. The molecule has 0 saturated heterocycles. The van der Waals surface area contributed by atoms with Gasteiger partial charge >= 0.3 is 0 Å². The van der Waals surface area contributed by atoms with Crippen molar-refractivity contribution in [1.29, 1.82) is 0 Å². The lowest BCUT2D eigenvalue weighted by Gasteiger charge is -2.08. The van der Waals surface area contributed by atoms with Crippen molar-refractivity contribution in [2.45, 2.75) is 19.1 Å². The first kappa shape index (κ1) is 11.5. The highest BCUT2D eigenvalue weighted by molar-refractivity contribution is 7.98. The van der Waals surface area contributed by atoms with Gasteiger partial charge in [-0.3, -0.25) is 4.79 Å². The lowest BCUT2D eigenvalue weighted by molar-refractivity contribution is 0.104. The van der Waals surface area contributed by atoms with E-state index in [4.69, 9.17) is 0 Å². The number of thiophene rings is 2. The van der Waals surface area contributed by atoms with Crippen molar-refractivity contribution in [3.05, 3.63) is 43.3 Å². The first-order chi connectivity index (χ1) is 8.25. The predicted molar refractivity (Wildman–Crippen MR) is 76.7 cm³/mol. The second-order valence-corrected chi connectivity index (χ2v) is 7.44. The van der Waals surface area contributed by atoms with Crippen LogP contribution in [0.5, 0.6) is 0 Å². The Bertz CT molecular complexity index is 541. The minimum absolute atomic E-state index is 0.202. The number of thioether (sulfide) groups is 1. The summed E-state index contributed by atoms with van der Waals surface area (Å²) in [5, 5.41) is 1.99. The van der Waals surface area contributed by atoms with Gasteiger partial charge in [0, 0.05) is 21.1 Å². The Labute approximate surface area is 113 Å². The third-order valence-electron chi connectivity index (χ3n) is 2.95. The molecular weight excluding hydrogens is 268 g/mol. The quantitative estimate of drug-likeness (QED) is 0.769. The molecule has 0 amide bonds. The highest BCUT2D eigenvalue weighted by Gasteiger charge is 2.19. The van der Waals surface area contributed by atoms with E-state index in [0.29, 0.717) is 0 Å². The molecule has 1 aliphatic rings. The van der Waals surface area contributed by atoms with Gasteiger partial charge in [0.15, 0.2) is 0 Å². The normalized spacial score (nSPS) is 14.6. The number of ketones is 1. The van der Waals surface area contributed by atoms with E-state index in [1.807, 2.05) is 30.1 Å². The Morgan fingerprint density at radius 3 is 3.00 bits per heavy atom. The van der Waals surface area contributed by atoms with Crippen molar-refractivity contribution in [3.8, 4) is 0 Å². The van der Waals surface area contributed by atoms with Crippen LogP contribution < -0.4 is 0 Å².